The minimum absolute atomic E-state index is 0.0108. The van der Waals surface area contributed by atoms with Gasteiger partial charge in [-0.3, -0.25) is 4.79 Å². The number of hydrogen-bond acceptors (Lipinski definition) is 4. The molecule has 3 rings (SSSR count). The Morgan fingerprint density at radius 2 is 1.89 bits per heavy atom. The zero-order valence-electron chi connectivity index (χ0n) is 17.1. The van der Waals surface area contributed by atoms with Gasteiger partial charge in [0.15, 0.2) is 0 Å². The highest BCUT2D eigenvalue weighted by molar-refractivity contribution is 7.17. The first-order valence-electron chi connectivity index (χ1n) is 10.2. The molecular formula is C23H29NO3S. The van der Waals surface area contributed by atoms with E-state index in [0.29, 0.717) is 23.1 Å². The number of carbonyl (C=O) groups is 2. The van der Waals surface area contributed by atoms with Crippen LogP contribution in [0.15, 0.2) is 24.3 Å². The monoisotopic (exact) mass is 399 g/mol. The lowest BCUT2D eigenvalue weighted by Gasteiger charge is -2.23. The largest absolute Gasteiger partial charge is 0.462 e. The van der Waals surface area contributed by atoms with Crippen LogP contribution in [-0.4, -0.2) is 18.5 Å². The van der Waals surface area contributed by atoms with E-state index < -0.39 is 0 Å². The second kappa shape index (κ2) is 8.91. The SMILES string of the molecule is CCOC(=O)c1c(NC(=O)C2CCC2)sc(C)c1-c1ccc([C@@H](C)CC)cc1. The molecule has 1 heterocycles. The average molecular weight is 400 g/mol. The van der Waals surface area contributed by atoms with E-state index in [1.807, 2.05) is 6.92 Å². The highest BCUT2D eigenvalue weighted by Gasteiger charge is 2.29. The summed E-state index contributed by atoms with van der Waals surface area (Å²) in [5.74, 6) is 0.198. The van der Waals surface area contributed by atoms with Gasteiger partial charge in [0.25, 0.3) is 0 Å². The second-order valence-corrected chi connectivity index (χ2v) is 8.73. The first-order chi connectivity index (χ1) is 13.5. The molecule has 0 saturated heterocycles. The van der Waals surface area contributed by atoms with E-state index in [1.165, 1.54) is 16.9 Å². The summed E-state index contributed by atoms with van der Waals surface area (Å²) in [6, 6.07) is 8.39. The summed E-state index contributed by atoms with van der Waals surface area (Å²) in [7, 11) is 0. The highest BCUT2D eigenvalue weighted by Crippen LogP contribution is 2.41. The summed E-state index contributed by atoms with van der Waals surface area (Å²) in [5.41, 5.74) is 3.61. The van der Waals surface area contributed by atoms with Crippen molar-refractivity contribution in [2.75, 3.05) is 11.9 Å². The first kappa shape index (κ1) is 20.6. The molecule has 1 amide bonds. The molecule has 1 N–H and O–H groups in total. The van der Waals surface area contributed by atoms with Crippen LogP contribution in [0.5, 0.6) is 0 Å². The van der Waals surface area contributed by atoms with E-state index >= 15 is 0 Å². The van der Waals surface area contributed by atoms with E-state index in [1.54, 1.807) is 6.92 Å². The van der Waals surface area contributed by atoms with Crippen LogP contribution in [0, 0.1) is 12.8 Å². The number of nitrogens with one attached hydrogen (secondary N) is 1. The number of hydrogen-bond donors (Lipinski definition) is 1. The van der Waals surface area contributed by atoms with Gasteiger partial charge in [-0.05, 0) is 50.2 Å². The Balaban J connectivity index is 1.99. The molecule has 1 aromatic carbocycles. The highest BCUT2D eigenvalue weighted by atomic mass is 32.1. The molecule has 28 heavy (non-hydrogen) atoms. The normalized spacial score (nSPS) is 15.0. The second-order valence-electron chi connectivity index (χ2n) is 7.51. The molecule has 0 spiro atoms. The summed E-state index contributed by atoms with van der Waals surface area (Å²) in [6.07, 6.45) is 4.03. The molecular weight excluding hydrogens is 370 g/mol. The van der Waals surface area contributed by atoms with Crippen molar-refractivity contribution in [1.82, 2.24) is 0 Å². The fourth-order valence-corrected chi connectivity index (χ4v) is 4.54. The van der Waals surface area contributed by atoms with Crippen molar-refractivity contribution in [3.8, 4) is 11.1 Å². The summed E-state index contributed by atoms with van der Waals surface area (Å²) in [4.78, 5) is 26.2. The summed E-state index contributed by atoms with van der Waals surface area (Å²) in [5, 5.41) is 3.61. The van der Waals surface area contributed by atoms with Gasteiger partial charge in [-0.25, -0.2) is 4.79 Å². The molecule has 150 valence electrons. The van der Waals surface area contributed by atoms with E-state index in [9.17, 15) is 9.59 Å². The lowest BCUT2D eigenvalue weighted by atomic mass is 9.85. The van der Waals surface area contributed by atoms with Crippen LogP contribution in [0.1, 0.15) is 73.2 Å². The molecule has 1 aromatic heterocycles. The minimum Gasteiger partial charge on any atom is -0.462 e. The third kappa shape index (κ3) is 4.14. The van der Waals surface area contributed by atoms with Crippen LogP contribution in [0.2, 0.25) is 0 Å². The van der Waals surface area contributed by atoms with Gasteiger partial charge < -0.3 is 10.1 Å². The minimum atomic E-state index is -0.378. The van der Waals surface area contributed by atoms with Crippen molar-refractivity contribution in [3.63, 3.8) is 0 Å². The molecule has 1 aliphatic rings. The predicted molar refractivity (Wildman–Crippen MR) is 115 cm³/mol. The summed E-state index contributed by atoms with van der Waals surface area (Å²) >= 11 is 1.45. The molecule has 1 fully saturated rings. The van der Waals surface area contributed by atoms with E-state index in [2.05, 4.69) is 43.4 Å². The van der Waals surface area contributed by atoms with E-state index in [4.69, 9.17) is 4.74 Å². The maximum atomic E-state index is 12.8. The standard InChI is InChI=1S/C23H29NO3S/c1-5-14(3)16-10-12-17(13-11-16)19-15(4)28-22(20(19)23(26)27-6-2)24-21(25)18-8-7-9-18/h10-14,18H,5-9H2,1-4H3,(H,24,25)/t14-/m0/s1. The third-order valence-electron chi connectivity index (χ3n) is 5.66. The molecule has 1 aliphatic carbocycles. The van der Waals surface area contributed by atoms with Gasteiger partial charge in [-0.15, -0.1) is 11.3 Å². The van der Waals surface area contributed by atoms with Crippen LogP contribution in [0.25, 0.3) is 11.1 Å². The molecule has 0 bridgehead atoms. The van der Waals surface area contributed by atoms with Crippen LogP contribution in [0.3, 0.4) is 0 Å². The predicted octanol–water partition coefficient (Wildman–Crippen LogP) is 6.15. The fourth-order valence-electron chi connectivity index (χ4n) is 3.48. The lowest BCUT2D eigenvalue weighted by Crippen LogP contribution is -2.28. The van der Waals surface area contributed by atoms with Gasteiger partial charge >= 0.3 is 5.97 Å². The average Bonchev–Trinajstić information content (AvgIpc) is 2.95. The lowest BCUT2D eigenvalue weighted by molar-refractivity contribution is -0.122. The molecule has 0 unspecified atom stereocenters. The Hall–Kier alpha value is -2.14. The molecule has 1 saturated carbocycles. The maximum absolute atomic E-state index is 12.8. The van der Waals surface area contributed by atoms with Crippen molar-refractivity contribution in [2.45, 2.75) is 59.3 Å². The molecule has 5 heteroatoms. The summed E-state index contributed by atoms with van der Waals surface area (Å²) < 4.78 is 5.32. The van der Waals surface area contributed by atoms with Gasteiger partial charge in [0.2, 0.25) is 5.91 Å². The Kier molecular flexibility index (Phi) is 6.55. The Labute approximate surface area is 171 Å². The van der Waals surface area contributed by atoms with Gasteiger partial charge in [-0.1, -0.05) is 44.5 Å². The number of esters is 1. The molecule has 0 radical (unpaired) electrons. The van der Waals surface area contributed by atoms with Crippen LogP contribution in [-0.2, 0) is 9.53 Å². The number of rotatable bonds is 7. The van der Waals surface area contributed by atoms with Gasteiger partial charge in [-0.2, -0.15) is 0 Å². The Morgan fingerprint density at radius 3 is 2.43 bits per heavy atom. The van der Waals surface area contributed by atoms with Crippen molar-refractivity contribution in [1.29, 1.82) is 0 Å². The van der Waals surface area contributed by atoms with Crippen molar-refractivity contribution in [2.24, 2.45) is 5.92 Å². The number of thiophene rings is 1. The van der Waals surface area contributed by atoms with E-state index in [0.717, 1.165) is 41.7 Å². The number of ether oxygens (including phenoxy) is 1. The Bertz CT molecular complexity index is 849. The number of anilines is 1. The number of carbonyl (C=O) groups excluding carboxylic acids is 2. The van der Waals surface area contributed by atoms with Crippen molar-refractivity contribution >= 4 is 28.2 Å². The maximum Gasteiger partial charge on any atom is 0.341 e. The summed E-state index contributed by atoms with van der Waals surface area (Å²) in [6.45, 7) is 8.48. The Morgan fingerprint density at radius 1 is 1.21 bits per heavy atom. The zero-order valence-corrected chi connectivity index (χ0v) is 17.9. The van der Waals surface area contributed by atoms with Gasteiger partial charge in [0.1, 0.15) is 10.6 Å². The van der Waals surface area contributed by atoms with Crippen LogP contribution in [0.4, 0.5) is 5.00 Å². The number of aryl methyl sites for hydroxylation is 1. The molecule has 4 nitrogen and oxygen atoms in total. The first-order valence-corrected chi connectivity index (χ1v) is 11.0. The molecule has 2 aromatic rings. The quantitative estimate of drug-likeness (QED) is 0.568. The smallest absolute Gasteiger partial charge is 0.341 e. The number of amides is 1. The van der Waals surface area contributed by atoms with Gasteiger partial charge in [0, 0.05) is 16.4 Å². The zero-order chi connectivity index (χ0) is 20.3. The third-order valence-corrected chi connectivity index (χ3v) is 6.68. The van der Waals surface area contributed by atoms with Crippen LogP contribution < -0.4 is 5.32 Å². The van der Waals surface area contributed by atoms with Crippen LogP contribution >= 0.6 is 11.3 Å². The fraction of sp³-hybridized carbons (Fsp3) is 0.478. The number of benzene rings is 1. The van der Waals surface area contributed by atoms with Crippen molar-refractivity contribution < 1.29 is 14.3 Å². The molecule has 0 aliphatic heterocycles. The topological polar surface area (TPSA) is 55.4 Å². The van der Waals surface area contributed by atoms with Gasteiger partial charge in [0.05, 0.1) is 6.61 Å². The molecule has 1 atom stereocenters. The van der Waals surface area contributed by atoms with E-state index in [-0.39, 0.29) is 17.8 Å². The van der Waals surface area contributed by atoms with Crippen molar-refractivity contribution in [3.05, 3.63) is 40.3 Å².